The number of aromatic nitrogens is 1. The van der Waals surface area contributed by atoms with Crippen molar-refractivity contribution < 1.29 is 4.74 Å². The lowest BCUT2D eigenvalue weighted by Gasteiger charge is -2.10. The number of unbranched alkanes of at least 4 members (excludes halogenated alkanes) is 2. The van der Waals surface area contributed by atoms with Crippen molar-refractivity contribution >= 4 is 17.3 Å². The molecule has 6 heteroatoms. The van der Waals surface area contributed by atoms with Gasteiger partial charge in [0.1, 0.15) is 0 Å². The molecule has 0 saturated heterocycles. The van der Waals surface area contributed by atoms with Crippen molar-refractivity contribution in [2.45, 2.75) is 46.5 Å². The monoisotopic (exact) mass is 326 g/mol. The van der Waals surface area contributed by atoms with Crippen LogP contribution in [0.15, 0.2) is 4.99 Å². The Balaban J connectivity index is 2.27. The summed E-state index contributed by atoms with van der Waals surface area (Å²) < 4.78 is 5.05. The van der Waals surface area contributed by atoms with E-state index in [0.29, 0.717) is 0 Å². The van der Waals surface area contributed by atoms with Gasteiger partial charge in [0, 0.05) is 44.6 Å². The largest absolute Gasteiger partial charge is 0.385 e. The topological polar surface area (TPSA) is 58.5 Å². The summed E-state index contributed by atoms with van der Waals surface area (Å²) >= 11 is 1.79. The maximum absolute atomic E-state index is 5.05. The van der Waals surface area contributed by atoms with E-state index in [-0.39, 0.29) is 0 Å². The third-order valence-corrected chi connectivity index (χ3v) is 4.46. The van der Waals surface area contributed by atoms with Crippen molar-refractivity contribution in [1.29, 1.82) is 0 Å². The van der Waals surface area contributed by atoms with Crippen LogP contribution < -0.4 is 10.6 Å². The quantitative estimate of drug-likeness (QED) is 0.394. The molecule has 126 valence electrons. The molecule has 0 spiro atoms. The van der Waals surface area contributed by atoms with Crippen molar-refractivity contribution in [3.8, 4) is 0 Å². The fourth-order valence-electron chi connectivity index (χ4n) is 2.00. The highest BCUT2D eigenvalue weighted by atomic mass is 32.1. The van der Waals surface area contributed by atoms with Gasteiger partial charge in [0.25, 0.3) is 0 Å². The van der Waals surface area contributed by atoms with E-state index in [2.05, 4.69) is 41.4 Å². The Morgan fingerprint density at radius 1 is 1.23 bits per heavy atom. The zero-order valence-electron chi connectivity index (χ0n) is 14.4. The molecular weight excluding hydrogens is 296 g/mol. The van der Waals surface area contributed by atoms with Crippen molar-refractivity contribution in [2.24, 2.45) is 4.99 Å². The molecule has 0 unspecified atom stereocenters. The standard InChI is InChI=1S/C16H30N4OS/c1-5-17-16(18-10-7-6-8-12-21-4)19-11-9-15-20-13(2)14(3)22-15/h5-12H2,1-4H3,(H2,17,18,19). The van der Waals surface area contributed by atoms with Crippen LogP contribution in [-0.2, 0) is 11.2 Å². The summed E-state index contributed by atoms with van der Waals surface area (Å²) in [4.78, 5) is 10.5. The third-order valence-electron chi connectivity index (χ3n) is 3.32. The highest BCUT2D eigenvalue weighted by Crippen LogP contribution is 2.16. The number of aliphatic imine (C=N–C) groups is 1. The molecule has 0 atom stereocenters. The smallest absolute Gasteiger partial charge is 0.191 e. The lowest BCUT2D eigenvalue weighted by Crippen LogP contribution is -2.38. The van der Waals surface area contributed by atoms with E-state index < -0.39 is 0 Å². The molecule has 0 amide bonds. The Labute approximate surface area is 138 Å². The number of nitrogens with zero attached hydrogens (tertiary/aromatic N) is 2. The second-order valence-electron chi connectivity index (χ2n) is 5.24. The number of methoxy groups -OCH3 is 1. The predicted molar refractivity (Wildman–Crippen MR) is 95.0 cm³/mol. The Kier molecular flexibility index (Phi) is 9.82. The molecule has 0 radical (unpaired) electrons. The molecule has 0 fully saturated rings. The normalized spacial score (nSPS) is 11.7. The van der Waals surface area contributed by atoms with Crippen LogP contribution in [0.25, 0.3) is 0 Å². The first-order valence-electron chi connectivity index (χ1n) is 8.11. The minimum absolute atomic E-state index is 0.842. The molecule has 22 heavy (non-hydrogen) atoms. The van der Waals surface area contributed by atoms with Crippen LogP contribution >= 0.6 is 11.3 Å². The van der Waals surface area contributed by atoms with Crippen LogP contribution in [0.5, 0.6) is 0 Å². The number of aryl methyl sites for hydroxylation is 2. The van der Waals surface area contributed by atoms with Crippen LogP contribution in [-0.4, -0.2) is 44.3 Å². The summed E-state index contributed by atoms with van der Waals surface area (Å²) in [5, 5.41) is 7.86. The van der Waals surface area contributed by atoms with E-state index in [9.17, 15) is 0 Å². The molecule has 2 N–H and O–H groups in total. The predicted octanol–water partition coefficient (Wildman–Crippen LogP) is 2.67. The number of thiazole rings is 1. The van der Waals surface area contributed by atoms with Gasteiger partial charge in [0.2, 0.25) is 0 Å². The average molecular weight is 327 g/mol. The number of rotatable bonds is 10. The fourth-order valence-corrected chi connectivity index (χ4v) is 2.94. The van der Waals surface area contributed by atoms with Crippen molar-refractivity contribution in [2.75, 3.05) is 33.4 Å². The van der Waals surface area contributed by atoms with Gasteiger partial charge in [-0.05, 0) is 40.0 Å². The molecule has 1 heterocycles. The molecule has 0 aliphatic heterocycles. The van der Waals surface area contributed by atoms with E-state index in [4.69, 9.17) is 4.74 Å². The molecule has 0 bridgehead atoms. The Hall–Kier alpha value is -1.14. The molecule has 1 aromatic rings. The maximum atomic E-state index is 5.05. The van der Waals surface area contributed by atoms with E-state index in [1.54, 1.807) is 18.4 Å². The first kappa shape index (κ1) is 18.9. The van der Waals surface area contributed by atoms with E-state index >= 15 is 0 Å². The van der Waals surface area contributed by atoms with E-state index in [0.717, 1.165) is 63.6 Å². The van der Waals surface area contributed by atoms with Gasteiger partial charge in [-0.15, -0.1) is 11.3 Å². The van der Waals surface area contributed by atoms with Gasteiger partial charge in [-0.2, -0.15) is 0 Å². The molecule has 0 aromatic carbocycles. The van der Waals surface area contributed by atoms with Crippen LogP contribution in [0, 0.1) is 13.8 Å². The second-order valence-corrected chi connectivity index (χ2v) is 6.53. The zero-order chi connectivity index (χ0) is 16.2. The van der Waals surface area contributed by atoms with E-state index in [1.807, 2.05) is 0 Å². The van der Waals surface area contributed by atoms with Crippen LogP contribution in [0.4, 0.5) is 0 Å². The van der Waals surface area contributed by atoms with Crippen LogP contribution in [0.1, 0.15) is 41.8 Å². The lowest BCUT2D eigenvalue weighted by molar-refractivity contribution is 0.192. The number of guanidine groups is 1. The van der Waals surface area contributed by atoms with Gasteiger partial charge in [-0.25, -0.2) is 4.98 Å². The van der Waals surface area contributed by atoms with Gasteiger partial charge in [-0.3, -0.25) is 4.99 Å². The summed E-state index contributed by atoms with van der Waals surface area (Å²) in [6.07, 6.45) is 4.32. The molecular formula is C16H30N4OS. The minimum Gasteiger partial charge on any atom is -0.385 e. The molecule has 1 aromatic heterocycles. The second kappa shape index (κ2) is 11.4. The average Bonchev–Trinajstić information content (AvgIpc) is 2.81. The van der Waals surface area contributed by atoms with Gasteiger partial charge in [0.15, 0.2) is 5.96 Å². The first-order valence-corrected chi connectivity index (χ1v) is 8.93. The zero-order valence-corrected chi connectivity index (χ0v) is 15.2. The molecule has 5 nitrogen and oxygen atoms in total. The Bertz CT molecular complexity index is 426. The molecule has 0 aliphatic rings. The minimum atomic E-state index is 0.842. The van der Waals surface area contributed by atoms with Crippen molar-refractivity contribution in [1.82, 2.24) is 15.6 Å². The number of nitrogens with one attached hydrogen (secondary N) is 2. The molecule has 1 rings (SSSR count). The third kappa shape index (κ3) is 7.75. The molecule has 0 aliphatic carbocycles. The van der Waals surface area contributed by atoms with Gasteiger partial charge < -0.3 is 15.4 Å². The Morgan fingerprint density at radius 3 is 2.68 bits per heavy atom. The van der Waals surface area contributed by atoms with Gasteiger partial charge in [-0.1, -0.05) is 0 Å². The molecule has 0 saturated carbocycles. The van der Waals surface area contributed by atoms with Gasteiger partial charge >= 0.3 is 0 Å². The fraction of sp³-hybridized carbons (Fsp3) is 0.750. The van der Waals surface area contributed by atoms with Crippen LogP contribution in [0.2, 0.25) is 0 Å². The van der Waals surface area contributed by atoms with Crippen molar-refractivity contribution in [3.63, 3.8) is 0 Å². The summed E-state index contributed by atoms with van der Waals surface area (Å²) in [6, 6.07) is 0. The first-order chi connectivity index (χ1) is 10.7. The summed E-state index contributed by atoms with van der Waals surface area (Å²) in [5.41, 5.74) is 1.15. The highest BCUT2D eigenvalue weighted by Gasteiger charge is 2.04. The van der Waals surface area contributed by atoms with E-state index in [1.165, 1.54) is 9.88 Å². The summed E-state index contributed by atoms with van der Waals surface area (Å²) in [5.74, 6) is 0.902. The Morgan fingerprint density at radius 2 is 2.05 bits per heavy atom. The maximum Gasteiger partial charge on any atom is 0.191 e. The van der Waals surface area contributed by atoms with Crippen molar-refractivity contribution in [3.05, 3.63) is 15.6 Å². The SMILES string of the molecule is CCNC(=NCCCCCOC)NCCc1nc(C)c(C)s1. The lowest BCUT2D eigenvalue weighted by atomic mass is 10.2. The number of ether oxygens (including phenoxy) is 1. The number of hydrogen-bond donors (Lipinski definition) is 2. The number of hydrogen-bond acceptors (Lipinski definition) is 4. The summed E-state index contributed by atoms with van der Waals surface area (Å²) in [6.45, 7) is 9.72. The summed E-state index contributed by atoms with van der Waals surface area (Å²) in [7, 11) is 1.75. The van der Waals surface area contributed by atoms with Gasteiger partial charge in [0.05, 0.1) is 10.7 Å². The highest BCUT2D eigenvalue weighted by molar-refractivity contribution is 7.11. The van der Waals surface area contributed by atoms with Crippen LogP contribution in [0.3, 0.4) is 0 Å².